The van der Waals surface area contributed by atoms with Crippen molar-refractivity contribution in [1.82, 2.24) is 15.3 Å². The van der Waals surface area contributed by atoms with Gasteiger partial charge in [-0.2, -0.15) is 0 Å². The minimum Gasteiger partial charge on any atom is -0.488 e. The standard InChI is InChI=1S/C21H23BrN2O3.C13H13BrO3.C8H12N2O/c1-10-7-11(2)24-21(26)16(10)9-23-20(25)14-8-15-13-5-4-6-17(13)27-19(15)18(22)12(14)3;1-6-8(13(15)16)5-9-7-3-2-4-10(7)17-12(9)11(6)14;1-5-3-6(2)10-8(11)7(5)4-9/h7-8,13,17H,4-6,9H2,1-3H3,(H,23,25)(H,24,26);5,7,10H,2-4H2,1H3,(H,15,16);3H,4,9H2,1-2H3,(H,10,11)/t13-,17-;7-,10-;/m00./s1. The topological polar surface area (TPSA) is 177 Å². The number of benzene rings is 2. The fraction of sp³-hybridized carbons (Fsp3) is 0.429. The minimum atomic E-state index is -0.868. The van der Waals surface area contributed by atoms with Crippen molar-refractivity contribution in [2.75, 3.05) is 0 Å². The lowest BCUT2D eigenvalue weighted by Crippen LogP contribution is -2.28. The molecule has 4 heterocycles. The Kier molecular flexibility index (Phi) is 12.1. The highest BCUT2D eigenvalue weighted by atomic mass is 79.9. The molecule has 55 heavy (non-hydrogen) atoms. The molecule has 6 N–H and O–H groups in total. The summed E-state index contributed by atoms with van der Waals surface area (Å²) >= 11 is 7.10. The van der Waals surface area contributed by atoms with E-state index < -0.39 is 5.97 Å². The number of hydrogen-bond acceptors (Lipinski definition) is 7. The second kappa shape index (κ2) is 16.5. The Morgan fingerprint density at radius 3 is 1.65 bits per heavy atom. The Balaban J connectivity index is 0.000000156. The van der Waals surface area contributed by atoms with Crippen LogP contribution in [0.3, 0.4) is 0 Å². The van der Waals surface area contributed by atoms with Gasteiger partial charge < -0.3 is 35.6 Å². The van der Waals surface area contributed by atoms with Crippen LogP contribution >= 0.6 is 31.9 Å². The molecule has 0 saturated heterocycles. The van der Waals surface area contributed by atoms with Crippen LogP contribution in [-0.2, 0) is 13.1 Å². The van der Waals surface area contributed by atoms with Crippen LogP contribution < -0.4 is 31.6 Å². The van der Waals surface area contributed by atoms with Gasteiger partial charge in [0, 0.05) is 64.1 Å². The van der Waals surface area contributed by atoms with Crippen molar-refractivity contribution in [3.63, 3.8) is 0 Å². The highest BCUT2D eigenvalue weighted by Crippen LogP contribution is 2.52. The van der Waals surface area contributed by atoms with Gasteiger partial charge in [-0.25, -0.2) is 4.79 Å². The summed E-state index contributed by atoms with van der Waals surface area (Å²) in [4.78, 5) is 52.9. The van der Waals surface area contributed by atoms with E-state index in [1.54, 1.807) is 6.07 Å². The van der Waals surface area contributed by atoms with Gasteiger partial charge in [0.1, 0.15) is 23.7 Å². The molecule has 4 aliphatic rings. The lowest BCUT2D eigenvalue weighted by Gasteiger charge is -2.14. The molecule has 292 valence electrons. The number of rotatable bonds is 5. The Morgan fingerprint density at radius 1 is 0.745 bits per heavy atom. The van der Waals surface area contributed by atoms with Gasteiger partial charge in [0.15, 0.2) is 0 Å². The number of ether oxygens (including phenoxy) is 2. The number of aryl methyl sites for hydroxylation is 4. The number of nitrogens with two attached hydrogens (primary N) is 1. The van der Waals surface area contributed by atoms with E-state index in [9.17, 15) is 24.3 Å². The number of nitrogens with one attached hydrogen (secondary N) is 3. The number of carboxylic acids is 1. The molecule has 8 rings (SSSR count). The molecule has 2 aromatic carbocycles. The molecular formula is C42H48Br2N4O7. The quantitative estimate of drug-likeness (QED) is 0.134. The third-order valence-corrected chi connectivity index (χ3v) is 13.2. The largest absolute Gasteiger partial charge is 0.488 e. The second-order valence-corrected chi connectivity index (χ2v) is 16.6. The number of carbonyl (C=O) groups excluding carboxylic acids is 1. The Labute approximate surface area is 337 Å². The molecule has 0 spiro atoms. The third-order valence-electron chi connectivity index (χ3n) is 11.3. The first kappa shape index (κ1) is 40.5. The minimum absolute atomic E-state index is 0.0648. The monoisotopic (exact) mass is 878 g/mol. The average molecular weight is 881 g/mol. The van der Waals surface area contributed by atoms with Gasteiger partial charge in [0.05, 0.1) is 14.5 Å². The molecule has 0 bridgehead atoms. The van der Waals surface area contributed by atoms with Crippen molar-refractivity contribution in [2.45, 2.75) is 117 Å². The van der Waals surface area contributed by atoms with Crippen molar-refractivity contribution in [3.05, 3.63) is 121 Å². The first-order valence-corrected chi connectivity index (χ1v) is 20.3. The van der Waals surface area contributed by atoms with Crippen molar-refractivity contribution < 1.29 is 24.2 Å². The number of carbonyl (C=O) groups is 2. The molecule has 2 aliphatic heterocycles. The Bertz CT molecular complexity index is 2300. The number of aromatic amines is 2. The van der Waals surface area contributed by atoms with Crippen LogP contribution in [0.1, 0.15) is 127 Å². The molecule has 2 fully saturated rings. The summed E-state index contributed by atoms with van der Waals surface area (Å²) in [6.07, 6.45) is 7.18. The van der Waals surface area contributed by atoms with Gasteiger partial charge in [-0.15, -0.1) is 0 Å². The van der Waals surface area contributed by atoms with Gasteiger partial charge in [-0.3, -0.25) is 14.4 Å². The predicted molar refractivity (Wildman–Crippen MR) is 219 cm³/mol. The van der Waals surface area contributed by atoms with Crippen molar-refractivity contribution in [1.29, 1.82) is 0 Å². The van der Waals surface area contributed by atoms with Gasteiger partial charge >= 0.3 is 5.97 Å². The number of hydrogen-bond donors (Lipinski definition) is 5. The lowest BCUT2D eigenvalue weighted by molar-refractivity contribution is 0.0695. The molecule has 1 amide bonds. The average Bonchev–Trinajstić information content (AvgIpc) is 3.90. The molecule has 2 saturated carbocycles. The summed E-state index contributed by atoms with van der Waals surface area (Å²) < 4.78 is 13.7. The SMILES string of the molecule is Cc1c(C(=O)O)cc2c(c1Br)O[C@H]1CCC[C@@H]21.Cc1cc(C)c(CN)c(=O)[nH]1.Cc1cc(C)c(CNC(=O)c2cc3c(c(Br)c2C)O[C@H]2CCC[C@@H]32)c(=O)[nH]1. The molecule has 0 unspecified atom stereocenters. The first-order valence-electron chi connectivity index (χ1n) is 18.7. The van der Waals surface area contributed by atoms with Crippen molar-refractivity contribution in [2.24, 2.45) is 5.73 Å². The van der Waals surface area contributed by atoms with Crippen LogP contribution in [0.5, 0.6) is 11.5 Å². The number of halogens is 2. The zero-order valence-corrected chi connectivity index (χ0v) is 35.2. The van der Waals surface area contributed by atoms with E-state index in [0.717, 1.165) is 97.3 Å². The van der Waals surface area contributed by atoms with Gasteiger partial charge in [-0.1, -0.05) is 0 Å². The number of fused-ring (bicyclic) bond motifs is 6. The maximum atomic E-state index is 12.9. The number of amides is 1. The number of carboxylic acid groups (broad SMARTS) is 1. The molecule has 4 aromatic rings. The van der Waals surface area contributed by atoms with E-state index in [2.05, 4.69) is 47.1 Å². The molecule has 2 aliphatic carbocycles. The van der Waals surface area contributed by atoms with Crippen LogP contribution in [0.2, 0.25) is 0 Å². The summed E-state index contributed by atoms with van der Waals surface area (Å²) in [7, 11) is 0. The van der Waals surface area contributed by atoms with Crippen LogP contribution in [0.25, 0.3) is 0 Å². The number of aromatic nitrogens is 2. The molecule has 2 aromatic heterocycles. The van der Waals surface area contributed by atoms with E-state index in [-0.39, 0.29) is 35.8 Å². The summed E-state index contributed by atoms with van der Waals surface area (Å²) in [6, 6.07) is 7.61. The predicted octanol–water partition coefficient (Wildman–Crippen LogP) is 7.96. The van der Waals surface area contributed by atoms with E-state index in [0.29, 0.717) is 40.6 Å². The highest BCUT2D eigenvalue weighted by molar-refractivity contribution is 9.11. The Morgan fingerprint density at radius 2 is 1.20 bits per heavy atom. The molecule has 4 atom stereocenters. The molecule has 0 radical (unpaired) electrons. The summed E-state index contributed by atoms with van der Waals surface area (Å²) in [5.41, 5.74) is 14.8. The lowest BCUT2D eigenvalue weighted by atomic mass is 9.93. The van der Waals surface area contributed by atoms with Gasteiger partial charge in [-0.05, 0) is 158 Å². The van der Waals surface area contributed by atoms with E-state index in [1.165, 1.54) is 6.42 Å². The van der Waals surface area contributed by atoms with E-state index in [1.807, 2.05) is 59.7 Å². The summed E-state index contributed by atoms with van der Waals surface area (Å²) in [5, 5.41) is 12.1. The van der Waals surface area contributed by atoms with E-state index in [4.69, 9.17) is 15.2 Å². The van der Waals surface area contributed by atoms with Crippen LogP contribution in [0, 0.1) is 41.5 Å². The zero-order valence-electron chi connectivity index (χ0n) is 32.0. The highest BCUT2D eigenvalue weighted by Gasteiger charge is 2.41. The maximum Gasteiger partial charge on any atom is 0.336 e. The van der Waals surface area contributed by atoms with Gasteiger partial charge in [0.2, 0.25) is 0 Å². The summed E-state index contributed by atoms with van der Waals surface area (Å²) in [6.45, 7) is 11.7. The van der Waals surface area contributed by atoms with E-state index >= 15 is 0 Å². The fourth-order valence-electron chi connectivity index (χ4n) is 8.39. The normalized spacial score (nSPS) is 19.7. The first-order chi connectivity index (χ1) is 26.1. The van der Waals surface area contributed by atoms with Crippen LogP contribution in [0.4, 0.5) is 0 Å². The molecule has 11 nitrogen and oxygen atoms in total. The number of pyridine rings is 2. The van der Waals surface area contributed by atoms with Crippen LogP contribution in [-0.4, -0.2) is 39.2 Å². The van der Waals surface area contributed by atoms with Crippen LogP contribution in [0.15, 0.2) is 42.8 Å². The van der Waals surface area contributed by atoms with Crippen molar-refractivity contribution in [3.8, 4) is 11.5 Å². The third kappa shape index (κ3) is 8.06. The number of aromatic carboxylic acids is 1. The summed E-state index contributed by atoms with van der Waals surface area (Å²) in [5.74, 6) is 1.49. The zero-order chi connectivity index (χ0) is 39.9. The molecule has 13 heteroatoms. The second-order valence-electron chi connectivity index (χ2n) is 15.0. The smallest absolute Gasteiger partial charge is 0.336 e. The Hall–Kier alpha value is -4.20. The van der Waals surface area contributed by atoms with Crippen molar-refractivity contribution >= 4 is 43.7 Å². The fourth-order valence-corrected chi connectivity index (χ4v) is 9.46. The maximum absolute atomic E-state index is 12.9. The number of H-pyrrole nitrogens is 2. The van der Waals surface area contributed by atoms with Gasteiger partial charge in [0.25, 0.3) is 17.0 Å². The molecular weight excluding hydrogens is 832 g/mol.